The summed E-state index contributed by atoms with van der Waals surface area (Å²) >= 11 is 0. The van der Waals surface area contributed by atoms with E-state index in [1.165, 1.54) is 109 Å². The maximum absolute atomic E-state index is 15.6. The van der Waals surface area contributed by atoms with Crippen LogP contribution in [0.25, 0.3) is 0 Å². The highest BCUT2D eigenvalue weighted by molar-refractivity contribution is 7.66. The Labute approximate surface area is 244 Å². The Morgan fingerprint density at radius 3 is 0.897 bits per heavy atom. The van der Waals surface area contributed by atoms with Crippen molar-refractivity contribution in [1.29, 1.82) is 0 Å². The average Bonchev–Trinajstić information content (AvgIpc) is 3.04. The minimum absolute atomic E-state index is 0.618. The molecule has 0 aromatic carbocycles. The molecule has 0 spiro atoms. The third-order valence-electron chi connectivity index (χ3n) is 14.2. The molecule has 0 radical (unpaired) electrons. The van der Waals surface area contributed by atoms with Gasteiger partial charge in [0.1, 0.15) is 0 Å². The third kappa shape index (κ3) is 5.98. The van der Waals surface area contributed by atoms with E-state index in [-0.39, 0.29) is 0 Å². The van der Waals surface area contributed by atoms with E-state index in [2.05, 4.69) is 0 Å². The van der Waals surface area contributed by atoms with Gasteiger partial charge in [-0.05, 0) is 60.7 Å². The van der Waals surface area contributed by atoms with E-state index >= 15 is 4.57 Å². The molecule has 6 fully saturated rings. The van der Waals surface area contributed by atoms with E-state index in [0.29, 0.717) is 17.0 Å². The van der Waals surface area contributed by atoms with Crippen LogP contribution in [0, 0.1) is 0 Å². The monoisotopic (exact) mass is 572 g/mol. The van der Waals surface area contributed by atoms with Gasteiger partial charge in [-0.15, -0.1) is 0 Å². The van der Waals surface area contributed by atoms with Crippen LogP contribution < -0.4 is 0 Å². The van der Waals surface area contributed by atoms with Crippen molar-refractivity contribution in [3.05, 3.63) is 0 Å². The second-order valence-electron chi connectivity index (χ2n) is 15.9. The molecule has 3 heteroatoms. The highest BCUT2D eigenvalue weighted by atomic mass is 31.2. The molecule has 6 aliphatic carbocycles. The summed E-state index contributed by atoms with van der Waals surface area (Å²) in [5.41, 5.74) is 6.42. The van der Waals surface area contributed by atoms with Crippen LogP contribution >= 0.6 is 7.14 Å². The molecule has 0 aromatic rings. The van der Waals surface area contributed by atoms with E-state index in [0.717, 1.165) is 22.2 Å². The summed E-state index contributed by atoms with van der Waals surface area (Å²) in [6.07, 6.45) is 42.9. The normalized spacial score (nSPS) is 32.8. The van der Waals surface area contributed by atoms with Crippen molar-refractivity contribution in [1.82, 2.24) is 0 Å². The molecular formula is C36H65OPSi. The molecule has 0 heterocycles. The van der Waals surface area contributed by atoms with Crippen LogP contribution in [0.15, 0.2) is 0 Å². The maximum atomic E-state index is 15.6. The summed E-state index contributed by atoms with van der Waals surface area (Å²) < 4.78 is 15.6. The molecule has 0 aliphatic heterocycles. The number of hydrogen-bond donors (Lipinski definition) is 0. The van der Waals surface area contributed by atoms with Crippen molar-refractivity contribution in [2.75, 3.05) is 0 Å². The van der Waals surface area contributed by atoms with Crippen molar-refractivity contribution in [3.8, 4) is 0 Å². The van der Waals surface area contributed by atoms with Gasteiger partial charge in [0.05, 0.1) is 15.2 Å². The Hall–Kier alpha value is 0.447. The van der Waals surface area contributed by atoms with Gasteiger partial charge in [0.25, 0.3) is 0 Å². The fraction of sp³-hybridized carbons (Fsp3) is 1.00. The molecule has 0 saturated heterocycles. The summed E-state index contributed by atoms with van der Waals surface area (Å²) in [6.45, 7) is 0. The van der Waals surface area contributed by atoms with Crippen molar-refractivity contribution in [2.24, 2.45) is 0 Å². The van der Waals surface area contributed by atoms with Crippen LogP contribution in [0.2, 0.25) is 22.2 Å². The van der Waals surface area contributed by atoms with Crippen molar-refractivity contribution in [2.45, 2.75) is 225 Å². The van der Waals surface area contributed by atoms with Gasteiger partial charge >= 0.3 is 0 Å². The van der Waals surface area contributed by atoms with Crippen LogP contribution in [-0.2, 0) is 4.57 Å². The molecule has 0 amide bonds. The third-order valence-corrected chi connectivity index (χ3v) is 27.1. The van der Waals surface area contributed by atoms with E-state index in [1.807, 2.05) is 0 Å². The van der Waals surface area contributed by atoms with Crippen LogP contribution in [0.5, 0.6) is 0 Å². The first kappa shape index (κ1) is 29.5. The quantitative estimate of drug-likeness (QED) is 0.219. The molecule has 6 aliphatic rings. The Morgan fingerprint density at radius 1 is 0.308 bits per heavy atom. The van der Waals surface area contributed by atoms with Crippen LogP contribution in [0.3, 0.4) is 0 Å². The van der Waals surface area contributed by atoms with Crippen LogP contribution in [-0.4, -0.2) is 25.1 Å². The van der Waals surface area contributed by atoms with E-state index in [4.69, 9.17) is 0 Å². The van der Waals surface area contributed by atoms with Gasteiger partial charge < -0.3 is 4.57 Å². The van der Waals surface area contributed by atoms with Gasteiger partial charge in [-0.1, -0.05) is 148 Å². The van der Waals surface area contributed by atoms with E-state index in [9.17, 15) is 0 Å². The van der Waals surface area contributed by atoms with Gasteiger partial charge in [-0.25, -0.2) is 0 Å². The Bertz CT molecular complexity index is 704. The second kappa shape index (κ2) is 13.8. The topological polar surface area (TPSA) is 17.1 Å². The molecule has 6 saturated carbocycles. The van der Waals surface area contributed by atoms with Gasteiger partial charge in [-0.2, -0.15) is 0 Å². The fourth-order valence-corrected chi connectivity index (χ4v) is 27.4. The minimum atomic E-state index is -2.11. The van der Waals surface area contributed by atoms with Crippen molar-refractivity contribution in [3.63, 3.8) is 0 Å². The fourth-order valence-electron chi connectivity index (χ4n) is 12.7. The molecule has 224 valence electrons. The smallest absolute Gasteiger partial charge is 0.0964 e. The maximum Gasteiger partial charge on any atom is 0.0964 e. The van der Waals surface area contributed by atoms with Crippen LogP contribution in [0.4, 0.5) is 0 Å². The molecule has 0 N–H and O–H groups in total. The lowest BCUT2D eigenvalue weighted by Gasteiger charge is -2.59. The van der Waals surface area contributed by atoms with E-state index < -0.39 is 15.2 Å². The molecule has 0 bridgehead atoms. The first-order valence-corrected chi connectivity index (χ1v) is 23.1. The number of rotatable bonds is 7. The Balaban J connectivity index is 1.28. The highest BCUT2D eigenvalue weighted by Crippen LogP contribution is 2.71. The second-order valence-corrected chi connectivity index (χ2v) is 24.8. The first-order chi connectivity index (χ1) is 19.2. The summed E-state index contributed by atoms with van der Waals surface area (Å²) in [6, 6.07) is 0. The van der Waals surface area contributed by atoms with Crippen LogP contribution in [0.1, 0.15) is 186 Å². The minimum Gasteiger partial charge on any atom is -0.323 e. The standard InChI is InChI=1S/C36H65OPSi/c37-38(30-16-6-1-7-17-30,31-18-8-2-9-19-31)32-26-28-36(29-27-32)39(33-20-10-3-11-21-33,34-22-12-4-13-23-34)35-24-14-5-15-25-35/h30-36H,1-29H2. The lowest BCUT2D eigenvalue weighted by Crippen LogP contribution is -2.55. The zero-order valence-electron chi connectivity index (χ0n) is 25.9. The first-order valence-electron chi connectivity index (χ1n) is 18.8. The molecule has 39 heavy (non-hydrogen) atoms. The summed E-state index contributed by atoms with van der Waals surface area (Å²) in [7, 11) is -3.56. The highest BCUT2D eigenvalue weighted by Gasteiger charge is 2.58. The van der Waals surface area contributed by atoms with Gasteiger partial charge in [0.2, 0.25) is 0 Å². The molecule has 1 nitrogen and oxygen atoms in total. The van der Waals surface area contributed by atoms with E-state index in [1.54, 1.807) is 77.0 Å². The van der Waals surface area contributed by atoms with Gasteiger partial charge in [-0.3, -0.25) is 0 Å². The molecule has 0 atom stereocenters. The largest absolute Gasteiger partial charge is 0.323 e. The lowest BCUT2D eigenvalue weighted by atomic mass is 9.97. The molecule has 6 rings (SSSR count). The Morgan fingerprint density at radius 2 is 0.564 bits per heavy atom. The molecular weight excluding hydrogens is 507 g/mol. The predicted octanol–water partition coefficient (Wildman–Crippen LogP) is 12.8. The summed E-state index contributed by atoms with van der Waals surface area (Å²) in [4.78, 5) is 0. The van der Waals surface area contributed by atoms with Gasteiger partial charge in [0, 0.05) is 17.0 Å². The molecule has 0 unspecified atom stereocenters. The average molecular weight is 573 g/mol. The van der Waals surface area contributed by atoms with Crippen molar-refractivity contribution >= 4 is 15.2 Å². The molecule has 0 aromatic heterocycles. The Kier molecular flexibility index (Phi) is 10.5. The zero-order chi connectivity index (χ0) is 26.5. The number of hydrogen-bond acceptors (Lipinski definition) is 1. The summed E-state index contributed by atoms with van der Waals surface area (Å²) in [5, 5.41) is 0. The predicted molar refractivity (Wildman–Crippen MR) is 174 cm³/mol. The summed E-state index contributed by atoms with van der Waals surface area (Å²) in [5.74, 6) is 0. The zero-order valence-corrected chi connectivity index (χ0v) is 27.8. The SMILES string of the molecule is O=P(C1CCCCC1)(C1CCCCC1)C1CCC([Si](C2CCCCC2)(C2CCCCC2)C2CCCCC2)CC1. The van der Waals surface area contributed by atoms with Crippen molar-refractivity contribution < 1.29 is 4.57 Å². The van der Waals surface area contributed by atoms with Gasteiger partial charge in [0.15, 0.2) is 0 Å². The lowest BCUT2D eigenvalue weighted by molar-refractivity contribution is 0.375.